The van der Waals surface area contributed by atoms with Crippen LogP contribution in [-0.2, 0) is 9.53 Å². The Bertz CT molecular complexity index is 234. The van der Waals surface area contributed by atoms with Crippen molar-refractivity contribution in [2.75, 3.05) is 13.7 Å². The molecule has 2 nitrogen and oxygen atoms in total. The van der Waals surface area contributed by atoms with Crippen LogP contribution in [0.4, 0.5) is 0 Å². The summed E-state index contributed by atoms with van der Waals surface area (Å²) in [5.41, 5.74) is 0.153. The normalized spacial score (nSPS) is 20.2. The lowest BCUT2D eigenvalue weighted by atomic mass is 9.75. The van der Waals surface area contributed by atoms with Crippen LogP contribution in [0, 0.1) is 17.3 Å². The second-order valence-electron chi connectivity index (χ2n) is 6.52. The summed E-state index contributed by atoms with van der Waals surface area (Å²) in [6.45, 7) is 7.29. The first kappa shape index (κ1) is 14.7. The van der Waals surface area contributed by atoms with Gasteiger partial charge in [0.2, 0.25) is 0 Å². The monoisotopic (exact) mass is 240 g/mol. The lowest BCUT2D eigenvalue weighted by molar-refractivity contribution is -0.126. The molecule has 0 aromatic rings. The third-order valence-electron chi connectivity index (χ3n) is 4.10. The fourth-order valence-corrected chi connectivity index (χ4v) is 2.65. The van der Waals surface area contributed by atoms with Gasteiger partial charge in [-0.05, 0) is 24.2 Å². The van der Waals surface area contributed by atoms with Crippen molar-refractivity contribution in [1.29, 1.82) is 0 Å². The Balaban J connectivity index is 2.51. The van der Waals surface area contributed by atoms with Gasteiger partial charge in [0.1, 0.15) is 5.78 Å². The average Bonchev–Trinajstić information content (AvgIpc) is 2.28. The highest BCUT2D eigenvalue weighted by Crippen LogP contribution is 2.32. The lowest BCUT2D eigenvalue weighted by Crippen LogP contribution is -2.30. The van der Waals surface area contributed by atoms with E-state index in [0.29, 0.717) is 30.6 Å². The van der Waals surface area contributed by atoms with Crippen molar-refractivity contribution in [3.8, 4) is 0 Å². The SMILES string of the molecule is COCC(CC(=O)C1CCCCC1)C(C)(C)C. The molecule has 2 heteroatoms. The van der Waals surface area contributed by atoms with Crippen LogP contribution in [-0.4, -0.2) is 19.5 Å². The third kappa shape index (κ3) is 4.79. The first-order valence-electron chi connectivity index (χ1n) is 6.96. The van der Waals surface area contributed by atoms with Gasteiger partial charge >= 0.3 is 0 Å². The number of carbonyl (C=O) groups excluding carboxylic acids is 1. The van der Waals surface area contributed by atoms with E-state index in [4.69, 9.17) is 4.74 Å². The van der Waals surface area contributed by atoms with Gasteiger partial charge in [0.15, 0.2) is 0 Å². The summed E-state index contributed by atoms with van der Waals surface area (Å²) in [4.78, 5) is 12.3. The zero-order chi connectivity index (χ0) is 12.9. The van der Waals surface area contributed by atoms with Crippen molar-refractivity contribution in [3.63, 3.8) is 0 Å². The third-order valence-corrected chi connectivity index (χ3v) is 4.10. The highest BCUT2D eigenvalue weighted by molar-refractivity contribution is 5.81. The Morgan fingerprint density at radius 1 is 1.24 bits per heavy atom. The van der Waals surface area contributed by atoms with Crippen molar-refractivity contribution < 1.29 is 9.53 Å². The predicted octanol–water partition coefficient (Wildman–Crippen LogP) is 3.83. The van der Waals surface area contributed by atoms with E-state index in [1.165, 1.54) is 19.3 Å². The van der Waals surface area contributed by atoms with Gasteiger partial charge in [0.25, 0.3) is 0 Å². The molecule has 0 radical (unpaired) electrons. The molecule has 1 atom stereocenters. The molecule has 0 saturated heterocycles. The molecule has 0 amide bonds. The molecule has 1 saturated carbocycles. The van der Waals surface area contributed by atoms with Gasteiger partial charge in [-0.3, -0.25) is 4.79 Å². The van der Waals surface area contributed by atoms with E-state index in [1.807, 2.05) is 0 Å². The molecule has 1 rings (SSSR count). The van der Waals surface area contributed by atoms with E-state index in [1.54, 1.807) is 7.11 Å². The zero-order valence-electron chi connectivity index (χ0n) is 11.9. The molecule has 1 unspecified atom stereocenters. The van der Waals surface area contributed by atoms with Crippen molar-refractivity contribution in [2.24, 2.45) is 17.3 Å². The summed E-state index contributed by atoms with van der Waals surface area (Å²) in [7, 11) is 1.73. The highest BCUT2D eigenvalue weighted by Gasteiger charge is 2.30. The molecular formula is C15H28O2. The van der Waals surface area contributed by atoms with Gasteiger partial charge in [-0.1, -0.05) is 40.0 Å². The summed E-state index contributed by atoms with van der Waals surface area (Å²) < 4.78 is 5.27. The summed E-state index contributed by atoms with van der Waals surface area (Å²) in [5.74, 6) is 1.16. The van der Waals surface area contributed by atoms with Gasteiger partial charge in [-0.15, -0.1) is 0 Å². The molecule has 0 heterocycles. The summed E-state index contributed by atoms with van der Waals surface area (Å²) in [6.07, 6.45) is 6.71. The Morgan fingerprint density at radius 2 is 1.82 bits per heavy atom. The fraction of sp³-hybridized carbons (Fsp3) is 0.933. The van der Waals surface area contributed by atoms with Crippen molar-refractivity contribution in [1.82, 2.24) is 0 Å². The van der Waals surface area contributed by atoms with Gasteiger partial charge in [-0.25, -0.2) is 0 Å². The summed E-state index contributed by atoms with van der Waals surface area (Å²) in [5, 5.41) is 0. The Kier molecular flexibility index (Phi) is 5.64. The minimum atomic E-state index is 0.153. The number of rotatable bonds is 5. The smallest absolute Gasteiger partial charge is 0.136 e. The van der Waals surface area contributed by atoms with Gasteiger partial charge < -0.3 is 4.74 Å². The van der Waals surface area contributed by atoms with E-state index in [2.05, 4.69) is 20.8 Å². The molecule has 0 aromatic carbocycles. The van der Waals surface area contributed by atoms with Crippen LogP contribution in [0.25, 0.3) is 0 Å². The van der Waals surface area contributed by atoms with Gasteiger partial charge in [0.05, 0.1) is 0 Å². The minimum absolute atomic E-state index is 0.153. The van der Waals surface area contributed by atoms with Crippen LogP contribution >= 0.6 is 0 Å². The zero-order valence-corrected chi connectivity index (χ0v) is 11.9. The van der Waals surface area contributed by atoms with Crippen LogP contribution in [0.15, 0.2) is 0 Å². The number of hydrogen-bond donors (Lipinski definition) is 0. The molecule has 1 fully saturated rings. The largest absolute Gasteiger partial charge is 0.384 e. The molecule has 17 heavy (non-hydrogen) atoms. The lowest BCUT2D eigenvalue weighted by Gasteiger charge is -2.31. The maximum absolute atomic E-state index is 12.3. The minimum Gasteiger partial charge on any atom is -0.384 e. The highest BCUT2D eigenvalue weighted by atomic mass is 16.5. The first-order valence-corrected chi connectivity index (χ1v) is 6.96. The van der Waals surface area contributed by atoms with Crippen LogP contribution in [0.3, 0.4) is 0 Å². The molecule has 1 aliphatic carbocycles. The Hall–Kier alpha value is -0.370. The number of carbonyl (C=O) groups is 1. The van der Waals surface area contributed by atoms with E-state index in [9.17, 15) is 4.79 Å². The molecule has 1 aliphatic rings. The van der Waals surface area contributed by atoms with Crippen LogP contribution in [0.2, 0.25) is 0 Å². The van der Waals surface area contributed by atoms with Gasteiger partial charge in [0, 0.05) is 26.1 Å². The summed E-state index contributed by atoms with van der Waals surface area (Å²) in [6, 6.07) is 0. The molecule has 0 spiro atoms. The quantitative estimate of drug-likeness (QED) is 0.730. The first-order chi connectivity index (χ1) is 7.95. The summed E-state index contributed by atoms with van der Waals surface area (Å²) >= 11 is 0. The number of hydrogen-bond acceptors (Lipinski definition) is 2. The van der Waals surface area contributed by atoms with Gasteiger partial charge in [-0.2, -0.15) is 0 Å². The Morgan fingerprint density at radius 3 is 2.29 bits per heavy atom. The van der Waals surface area contributed by atoms with Crippen LogP contribution in [0.5, 0.6) is 0 Å². The topological polar surface area (TPSA) is 26.3 Å². The standard InChI is InChI=1S/C15H28O2/c1-15(2,3)13(11-17-4)10-14(16)12-8-6-5-7-9-12/h12-13H,5-11H2,1-4H3. The van der Waals surface area contributed by atoms with E-state index in [0.717, 1.165) is 12.8 Å². The van der Waals surface area contributed by atoms with Crippen LogP contribution in [0.1, 0.15) is 59.3 Å². The maximum atomic E-state index is 12.3. The molecular weight excluding hydrogens is 212 g/mol. The van der Waals surface area contributed by atoms with Crippen molar-refractivity contribution in [3.05, 3.63) is 0 Å². The van der Waals surface area contributed by atoms with Crippen molar-refractivity contribution >= 4 is 5.78 Å². The Labute approximate surface area is 106 Å². The number of ether oxygens (including phenoxy) is 1. The molecule has 100 valence electrons. The number of methoxy groups -OCH3 is 1. The number of Topliss-reactive ketones (excluding diaryl/α,β-unsaturated/α-hetero) is 1. The molecule has 0 bridgehead atoms. The van der Waals surface area contributed by atoms with E-state index in [-0.39, 0.29) is 5.41 Å². The fourth-order valence-electron chi connectivity index (χ4n) is 2.65. The van der Waals surface area contributed by atoms with Crippen LogP contribution < -0.4 is 0 Å². The second-order valence-corrected chi connectivity index (χ2v) is 6.52. The molecule has 0 N–H and O–H groups in total. The van der Waals surface area contributed by atoms with Crippen molar-refractivity contribution in [2.45, 2.75) is 59.3 Å². The van der Waals surface area contributed by atoms with E-state index >= 15 is 0 Å². The molecule has 0 aliphatic heterocycles. The number of ketones is 1. The predicted molar refractivity (Wildman–Crippen MR) is 71.0 cm³/mol. The molecule has 0 aromatic heterocycles. The maximum Gasteiger partial charge on any atom is 0.136 e. The average molecular weight is 240 g/mol. The second kappa shape index (κ2) is 6.53. The van der Waals surface area contributed by atoms with E-state index < -0.39 is 0 Å².